The van der Waals surface area contributed by atoms with Gasteiger partial charge in [-0.05, 0) is 39.4 Å². The van der Waals surface area contributed by atoms with Gasteiger partial charge in [-0.1, -0.05) is 19.3 Å². The first-order valence-electron chi connectivity index (χ1n) is 6.03. The van der Waals surface area contributed by atoms with Crippen molar-refractivity contribution in [1.29, 1.82) is 0 Å². The largest absolute Gasteiger partial charge is 0.444 e. The van der Waals surface area contributed by atoms with Crippen molar-refractivity contribution in [3.05, 3.63) is 0 Å². The summed E-state index contributed by atoms with van der Waals surface area (Å²) in [6.07, 6.45) is 5.49. The molecule has 16 heavy (non-hydrogen) atoms. The molecule has 0 atom stereocenters. The second-order valence-corrected chi connectivity index (χ2v) is 5.37. The molecule has 0 unspecified atom stereocenters. The Labute approximate surface area is 105 Å². The highest BCUT2D eigenvalue weighted by molar-refractivity contribution is 7.80. The molecule has 0 heterocycles. The summed E-state index contributed by atoms with van der Waals surface area (Å²) in [5, 5.41) is 2.75. The zero-order valence-corrected chi connectivity index (χ0v) is 11.6. The fourth-order valence-electron chi connectivity index (χ4n) is 1.27. The monoisotopic (exact) mass is 247 g/mol. The fourth-order valence-corrected chi connectivity index (χ4v) is 1.50. The van der Waals surface area contributed by atoms with Crippen LogP contribution in [-0.4, -0.2) is 24.0 Å². The Hall–Kier alpha value is -0.380. The van der Waals surface area contributed by atoms with E-state index in [2.05, 4.69) is 17.9 Å². The first kappa shape index (κ1) is 15.6. The summed E-state index contributed by atoms with van der Waals surface area (Å²) in [6.45, 7) is 6.30. The van der Waals surface area contributed by atoms with Crippen LogP contribution in [0.5, 0.6) is 0 Å². The lowest BCUT2D eigenvalue weighted by Crippen LogP contribution is -2.32. The molecule has 0 aliphatic rings. The van der Waals surface area contributed by atoms with E-state index in [1.807, 2.05) is 20.8 Å². The van der Waals surface area contributed by atoms with Gasteiger partial charge < -0.3 is 10.1 Å². The Balaban J connectivity index is 3.28. The Kier molecular flexibility index (Phi) is 8.53. The van der Waals surface area contributed by atoms with Crippen LogP contribution in [0.1, 0.15) is 52.9 Å². The summed E-state index contributed by atoms with van der Waals surface area (Å²) >= 11 is 4.16. The van der Waals surface area contributed by atoms with Gasteiger partial charge in [0.05, 0.1) is 0 Å². The molecular formula is C12H25NO2S. The van der Waals surface area contributed by atoms with Crippen molar-refractivity contribution in [2.75, 3.05) is 12.3 Å². The average Bonchev–Trinajstić information content (AvgIpc) is 2.13. The number of nitrogens with one attached hydrogen (secondary N) is 1. The lowest BCUT2D eigenvalue weighted by atomic mass is 10.1. The predicted molar refractivity (Wildman–Crippen MR) is 71.2 cm³/mol. The molecule has 3 nitrogen and oxygen atoms in total. The maximum absolute atomic E-state index is 11.3. The third-order valence-corrected chi connectivity index (χ3v) is 2.32. The quantitative estimate of drug-likeness (QED) is 0.534. The zero-order chi connectivity index (χ0) is 12.4. The predicted octanol–water partition coefficient (Wildman–Crippen LogP) is 3.39. The molecule has 0 rings (SSSR count). The summed E-state index contributed by atoms with van der Waals surface area (Å²) in [4.78, 5) is 11.3. The van der Waals surface area contributed by atoms with Crippen LogP contribution in [0.4, 0.5) is 4.79 Å². The number of thiol groups is 1. The van der Waals surface area contributed by atoms with Crippen LogP contribution in [0.2, 0.25) is 0 Å². The third kappa shape index (κ3) is 11.7. The molecule has 96 valence electrons. The van der Waals surface area contributed by atoms with Crippen LogP contribution in [-0.2, 0) is 4.74 Å². The van der Waals surface area contributed by atoms with Crippen molar-refractivity contribution in [2.24, 2.45) is 0 Å². The molecule has 0 aromatic rings. The van der Waals surface area contributed by atoms with Crippen molar-refractivity contribution in [1.82, 2.24) is 5.32 Å². The number of ether oxygens (including phenoxy) is 1. The smallest absolute Gasteiger partial charge is 0.407 e. The molecule has 0 aliphatic heterocycles. The second kappa shape index (κ2) is 8.74. The highest BCUT2D eigenvalue weighted by atomic mass is 32.1. The normalized spacial score (nSPS) is 11.2. The number of carbonyl (C=O) groups is 1. The van der Waals surface area contributed by atoms with Crippen LogP contribution in [0.15, 0.2) is 0 Å². The molecular weight excluding hydrogens is 222 g/mol. The SMILES string of the molecule is CC(C)(C)OC(=O)NCCCCCCCS. The minimum absolute atomic E-state index is 0.317. The lowest BCUT2D eigenvalue weighted by molar-refractivity contribution is 0.0527. The van der Waals surface area contributed by atoms with Crippen LogP contribution < -0.4 is 5.32 Å². The number of hydrogen-bond acceptors (Lipinski definition) is 3. The molecule has 0 saturated heterocycles. The lowest BCUT2D eigenvalue weighted by Gasteiger charge is -2.19. The molecule has 0 aliphatic carbocycles. The number of amides is 1. The van der Waals surface area contributed by atoms with Gasteiger partial charge in [0.1, 0.15) is 5.60 Å². The summed E-state index contributed by atoms with van der Waals surface area (Å²) in [5.41, 5.74) is -0.406. The van der Waals surface area contributed by atoms with E-state index >= 15 is 0 Å². The van der Waals surface area contributed by atoms with Gasteiger partial charge in [-0.3, -0.25) is 0 Å². The number of unbranched alkanes of at least 4 members (excludes halogenated alkanes) is 4. The summed E-state index contributed by atoms with van der Waals surface area (Å²) in [6, 6.07) is 0. The van der Waals surface area contributed by atoms with E-state index in [0.29, 0.717) is 6.54 Å². The van der Waals surface area contributed by atoms with Crippen LogP contribution in [0.3, 0.4) is 0 Å². The molecule has 0 fully saturated rings. The second-order valence-electron chi connectivity index (χ2n) is 4.92. The van der Waals surface area contributed by atoms with Crippen LogP contribution in [0.25, 0.3) is 0 Å². The molecule has 4 heteroatoms. The van der Waals surface area contributed by atoms with Gasteiger partial charge in [0.2, 0.25) is 0 Å². The highest BCUT2D eigenvalue weighted by Crippen LogP contribution is 2.07. The maximum Gasteiger partial charge on any atom is 0.407 e. The Morgan fingerprint density at radius 2 is 1.69 bits per heavy atom. The first-order valence-corrected chi connectivity index (χ1v) is 6.66. The highest BCUT2D eigenvalue weighted by Gasteiger charge is 2.15. The van der Waals surface area contributed by atoms with E-state index in [9.17, 15) is 4.79 Å². The number of carbonyl (C=O) groups excluding carboxylic acids is 1. The van der Waals surface area contributed by atoms with Gasteiger partial charge >= 0.3 is 6.09 Å². The summed E-state index contributed by atoms with van der Waals surface area (Å²) in [5.74, 6) is 0.968. The van der Waals surface area contributed by atoms with Crippen LogP contribution >= 0.6 is 12.6 Å². The average molecular weight is 247 g/mol. The van der Waals surface area contributed by atoms with Crippen molar-refractivity contribution in [3.63, 3.8) is 0 Å². The number of hydrogen-bond donors (Lipinski definition) is 2. The Morgan fingerprint density at radius 3 is 2.25 bits per heavy atom. The van der Waals surface area contributed by atoms with E-state index < -0.39 is 5.60 Å². The van der Waals surface area contributed by atoms with Gasteiger partial charge in [-0.25, -0.2) is 4.79 Å². The minimum Gasteiger partial charge on any atom is -0.444 e. The molecule has 1 amide bonds. The molecule has 1 N–H and O–H groups in total. The first-order chi connectivity index (χ1) is 7.45. The van der Waals surface area contributed by atoms with E-state index in [4.69, 9.17) is 4.74 Å². The van der Waals surface area contributed by atoms with E-state index in [1.54, 1.807) is 0 Å². The van der Waals surface area contributed by atoms with Gasteiger partial charge in [0, 0.05) is 6.54 Å². The van der Waals surface area contributed by atoms with Crippen molar-refractivity contribution in [2.45, 2.75) is 58.5 Å². The van der Waals surface area contributed by atoms with Gasteiger partial charge in [-0.15, -0.1) is 0 Å². The van der Waals surface area contributed by atoms with Gasteiger partial charge in [0.25, 0.3) is 0 Å². The molecule has 0 spiro atoms. The van der Waals surface area contributed by atoms with Crippen LogP contribution in [0, 0.1) is 0 Å². The third-order valence-electron chi connectivity index (χ3n) is 2.00. The van der Waals surface area contributed by atoms with E-state index in [1.165, 1.54) is 19.3 Å². The van der Waals surface area contributed by atoms with E-state index in [-0.39, 0.29) is 6.09 Å². The topological polar surface area (TPSA) is 38.3 Å². The zero-order valence-electron chi connectivity index (χ0n) is 10.7. The molecule has 0 bridgehead atoms. The Morgan fingerprint density at radius 1 is 1.12 bits per heavy atom. The molecule has 0 saturated carbocycles. The van der Waals surface area contributed by atoms with Gasteiger partial charge in [0.15, 0.2) is 0 Å². The fraction of sp³-hybridized carbons (Fsp3) is 0.917. The summed E-state index contributed by atoms with van der Waals surface area (Å²) < 4.78 is 5.12. The van der Waals surface area contributed by atoms with Crippen molar-refractivity contribution < 1.29 is 9.53 Å². The van der Waals surface area contributed by atoms with Gasteiger partial charge in [-0.2, -0.15) is 12.6 Å². The number of rotatable bonds is 7. The maximum atomic E-state index is 11.3. The minimum atomic E-state index is -0.406. The standard InChI is InChI=1S/C12H25NO2S/c1-12(2,3)15-11(14)13-9-7-5-4-6-8-10-16/h16H,4-10H2,1-3H3,(H,13,14). The molecule has 0 aromatic heterocycles. The van der Waals surface area contributed by atoms with Crippen molar-refractivity contribution in [3.8, 4) is 0 Å². The van der Waals surface area contributed by atoms with Crippen molar-refractivity contribution >= 4 is 18.7 Å². The van der Waals surface area contributed by atoms with E-state index in [0.717, 1.165) is 18.6 Å². The summed E-state index contributed by atoms with van der Waals surface area (Å²) in [7, 11) is 0. The number of alkyl carbamates (subject to hydrolysis) is 1. The molecule has 0 aromatic carbocycles. The Bertz CT molecular complexity index is 190. The molecule has 0 radical (unpaired) electrons.